The summed E-state index contributed by atoms with van der Waals surface area (Å²) >= 11 is 0. The summed E-state index contributed by atoms with van der Waals surface area (Å²) in [5.41, 5.74) is -3.50. The van der Waals surface area contributed by atoms with Crippen LogP contribution in [0.15, 0.2) is 0 Å². The van der Waals surface area contributed by atoms with Crippen molar-refractivity contribution >= 4 is 18.3 Å². The molecule has 3 aliphatic rings. The summed E-state index contributed by atoms with van der Waals surface area (Å²) in [5, 5.41) is 23.9. The Morgan fingerprint density at radius 2 is 0.721 bits per heavy atom. The predicted octanol–water partition coefficient (Wildman–Crippen LogP) is 6.17. The van der Waals surface area contributed by atoms with Crippen LogP contribution in [-0.2, 0) is 14.2 Å². The summed E-state index contributed by atoms with van der Waals surface area (Å²) in [6.45, 7) is 22.9. The van der Waals surface area contributed by atoms with Crippen molar-refractivity contribution in [1.29, 1.82) is 0 Å². The van der Waals surface area contributed by atoms with Crippen molar-refractivity contribution < 1.29 is 39.0 Å². The van der Waals surface area contributed by atoms with E-state index in [9.17, 15) is 24.8 Å². The van der Waals surface area contributed by atoms with Gasteiger partial charge in [-0.1, -0.05) is 0 Å². The van der Waals surface area contributed by atoms with Crippen molar-refractivity contribution in [3.05, 3.63) is 0 Å². The molecule has 12 nitrogen and oxygen atoms in total. The number of likely N-dealkylation sites (tertiary alicyclic amines) is 1. The van der Waals surface area contributed by atoms with E-state index in [1.807, 2.05) is 62.4 Å². The fourth-order valence-electron chi connectivity index (χ4n) is 7.70. The van der Waals surface area contributed by atoms with E-state index in [2.05, 4.69) is 32.6 Å². The number of ether oxygens (including phenoxy) is 3. The number of rotatable bonds is 3. The fourth-order valence-corrected chi connectivity index (χ4v) is 7.70. The standard InChI is InChI=1S/C31H56N4O8/c1-26(2)14-20(15-27(3,4)32(26)13)41-23(36)33(24(37)42-21-16-28(5,6)34(39)29(7,8)17-21)25(38)43-22-18-30(9,10)35(40)31(11,12)19-22/h20-22,39-40H,14-19H2,1-13H3. The first-order chi connectivity index (χ1) is 19.2. The number of piperidine rings is 3. The first-order valence-corrected chi connectivity index (χ1v) is 15.4. The van der Waals surface area contributed by atoms with E-state index in [1.165, 1.54) is 10.1 Å². The molecule has 2 N–H and O–H groups in total. The van der Waals surface area contributed by atoms with Crippen LogP contribution in [0.5, 0.6) is 0 Å². The molecule has 3 heterocycles. The second-order valence-corrected chi connectivity index (χ2v) is 16.6. The minimum Gasteiger partial charge on any atom is -0.445 e. The molecule has 0 atom stereocenters. The zero-order valence-electron chi connectivity index (χ0n) is 28.6. The Balaban J connectivity index is 1.87. The van der Waals surface area contributed by atoms with E-state index < -0.39 is 58.7 Å². The zero-order chi connectivity index (χ0) is 33.1. The zero-order valence-corrected chi connectivity index (χ0v) is 28.6. The van der Waals surface area contributed by atoms with Crippen LogP contribution in [-0.4, -0.2) is 107 Å². The number of hydrogen-bond donors (Lipinski definition) is 2. The molecular formula is C31H56N4O8. The number of nitrogens with zero attached hydrogens (tertiary/aromatic N) is 4. The number of hydrogen-bond acceptors (Lipinski definition) is 11. The average molecular weight is 613 g/mol. The summed E-state index contributed by atoms with van der Waals surface area (Å²) in [6.07, 6.45) is -3.27. The fraction of sp³-hybridized carbons (Fsp3) is 0.903. The lowest BCUT2D eigenvalue weighted by Gasteiger charge is -2.53. The van der Waals surface area contributed by atoms with Gasteiger partial charge in [-0.05, 0) is 90.1 Å². The van der Waals surface area contributed by atoms with Crippen molar-refractivity contribution in [3.8, 4) is 0 Å². The first kappa shape index (κ1) is 35.5. The van der Waals surface area contributed by atoms with Crippen LogP contribution in [0.3, 0.4) is 0 Å². The maximum atomic E-state index is 13.7. The van der Waals surface area contributed by atoms with Gasteiger partial charge in [-0.15, -0.1) is 4.90 Å². The largest absolute Gasteiger partial charge is 0.445 e. The molecule has 0 spiro atoms. The van der Waals surface area contributed by atoms with Crippen LogP contribution in [0, 0.1) is 0 Å². The van der Waals surface area contributed by atoms with E-state index in [4.69, 9.17) is 14.2 Å². The van der Waals surface area contributed by atoms with Crippen molar-refractivity contribution in [2.45, 2.75) is 173 Å². The molecule has 248 valence electrons. The Kier molecular flexibility index (Phi) is 9.43. The third-order valence-electron chi connectivity index (χ3n) is 9.82. The minimum atomic E-state index is -1.18. The van der Waals surface area contributed by atoms with Crippen LogP contribution in [0.2, 0.25) is 0 Å². The molecule has 0 aromatic heterocycles. The molecule has 0 aliphatic carbocycles. The van der Waals surface area contributed by atoms with Crippen LogP contribution in [0.25, 0.3) is 0 Å². The van der Waals surface area contributed by atoms with E-state index in [1.54, 1.807) is 0 Å². The van der Waals surface area contributed by atoms with Gasteiger partial charge in [0, 0.05) is 71.8 Å². The summed E-state index contributed by atoms with van der Waals surface area (Å²) < 4.78 is 17.4. The molecule has 3 aliphatic heterocycles. The Labute approximate surface area is 257 Å². The minimum absolute atomic E-state index is 0.283. The highest BCUT2D eigenvalue weighted by atomic mass is 16.6. The second-order valence-electron chi connectivity index (χ2n) is 16.6. The topological polar surface area (TPSA) is 132 Å². The molecule has 12 heteroatoms. The molecule has 0 aromatic carbocycles. The molecule has 0 bridgehead atoms. The SMILES string of the molecule is CN1C(C)(C)CC(OC(=O)N(C(=O)OC2CC(C)(C)N(O)C(C)(C)C2)C(=O)OC2CC(C)(C)N(O)C(C)(C)C2)CC1(C)C. The monoisotopic (exact) mass is 612 g/mol. The van der Waals surface area contributed by atoms with Gasteiger partial charge in [0.05, 0.1) is 0 Å². The third kappa shape index (κ3) is 7.46. The summed E-state index contributed by atoms with van der Waals surface area (Å²) in [5.74, 6) is 0. The smallest absolute Gasteiger partial charge is 0.429 e. The van der Waals surface area contributed by atoms with Crippen LogP contribution >= 0.6 is 0 Å². The lowest BCUT2D eigenvalue weighted by molar-refractivity contribution is -0.258. The van der Waals surface area contributed by atoms with Gasteiger partial charge in [-0.25, -0.2) is 14.4 Å². The van der Waals surface area contributed by atoms with Gasteiger partial charge < -0.3 is 24.6 Å². The van der Waals surface area contributed by atoms with Gasteiger partial charge in [-0.3, -0.25) is 4.90 Å². The molecule has 43 heavy (non-hydrogen) atoms. The molecule has 3 saturated heterocycles. The maximum absolute atomic E-state index is 13.7. The highest BCUT2D eigenvalue weighted by Crippen LogP contribution is 2.41. The van der Waals surface area contributed by atoms with Crippen molar-refractivity contribution in [3.63, 3.8) is 0 Å². The van der Waals surface area contributed by atoms with Crippen LogP contribution in [0.1, 0.15) is 122 Å². The molecule has 0 aromatic rings. The number of amides is 3. The Bertz CT molecular complexity index is 899. The third-order valence-corrected chi connectivity index (χ3v) is 9.82. The molecule has 0 unspecified atom stereocenters. The second kappa shape index (κ2) is 11.4. The van der Waals surface area contributed by atoms with Gasteiger partial charge in [0.1, 0.15) is 18.3 Å². The highest BCUT2D eigenvalue weighted by Gasteiger charge is 2.51. The summed E-state index contributed by atoms with van der Waals surface area (Å²) in [7, 11) is 2.03. The van der Waals surface area contributed by atoms with E-state index in [-0.39, 0.29) is 36.8 Å². The van der Waals surface area contributed by atoms with Crippen LogP contribution < -0.4 is 0 Å². The summed E-state index contributed by atoms with van der Waals surface area (Å²) in [6, 6.07) is 0. The van der Waals surface area contributed by atoms with E-state index in [0.717, 1.165) is 0 Å². The van der Waals surface area contributed by atoms with E-state index in [0.29, 0.717) is 17.7 Å². The number of carbonyl (C=O) groups excluding carboxylic acids is 3. The molecule has 0 radical (unpaired) electrons. The van der Waals surface area contributed by atoms with Crippen molar-refractivity contribution in [2.24, 2.45) is 0 Å². The lowest BCUT2D eigenvalue weighted by Crippen LogP contribution is -2.62. The molecule has 3 rings (SSSR count). The summed E-state index contributed by atoms with van der Waals surface area (Å²) in [4.78, 5) is 43.6. The first-order valence-electron chi connectivity index (χ1n) is 15.4. The van der Waals surface area contributed by atoms with Gasteiger partial charge >= 0.3 is 18.3 Å². The van der Waals surface area contributed by atoms with Crippen molar-refractivity contribution in [2.75, 3.05) is 7.05 Å². The lowest BCUT2D eigenvalue weighted by atomic mass is 9.79. The van der Waals surface area contributed by atoms with Gasteiger partial charge in [-0.2, -0.15) is 10.1 Å². The number of imide groups is 3. The quantitative estimate of drug-likeness (QED) is 0.355. The molecular weight excluding hydrogens is 556 g/mol. The predicted molar refractivity (Wildman–Crippen MR) is 160 cm³/mol. The number of hydroxylamine groups is 4. The molecule has 3 amide bonds. The highest BCUT2D eigenvalue weighted by molar-refractivity contribution is 6.04. The average Bonchev–Trinajstić information content (AvgIpc) is 2.78. The molecule has 3 fully saturated rings. The van der Waals surface area contributed by atoms with Gasteiger partial charge in [0.2, 0.25) is 0 Å². The van der Waals surface area contributed by atoms with Crippen LogP contribution in [0.4, 0.5) is 14.4 Å². The Hall–Kier alpha value is -1.99. The van der Waals surface area contributed by atoms with Crippen molar-refractivity contribution in [1.82, 2.24) is 19.9 Å². The van der Waals surface area contributed by atoms with Gasteiger partial charge in [0.25, 0.3) is 0 Å². The molecule has 0 saturated carbocycles. The number of carbonyl (C=O) groups is 3. The Morgan fingerprint density at radius 3 is 0.953 bits per heavy atom. The van der Waals surface area contributed by atoms with E-state index >= 15 is 0 Å². The maximum Gasteiger partial charge on any atom is 0.429 e. The van der Waals surface area contributed by atoms with Gasteiger partial charge in [0.15, 0.2) is 0 Å². The Morgan fingerprint density at radius 1 is 0.512 bits per heavy atom. The normalized spacial score (nSPS) is 27.7.